The zero-order valence-electron chi connectivity index (χ0n) is 21.8. The number of rotatable bonds is 4. The second kappa shape index (κ2) is 8.00. The van der Waals surface area contributed by atoms with Crippen LogP contribution in [-0.4, -0.2) is 34.0 Å². The number of anilines is 1. The summed E-state index contributed by atoms with van der Waals surface area (Å²) in [7, 11) is 0. The topological polar surface area (TPSA) is 64.8 Å². The van der Waals surface area contributed by atoms with Gasteiger partial charge in [0.25, 0.3) is 0 Å². The van der Waals surface area contributed by atoms with Gasteiger partial charge in [-0.2, -0.15) is 5.26 Å². The molecule has 2 aromatic heterocycles. The third-order valence-electron chi connectivity index (χ3n) is 4.42. The van der Waals surface area contributed by atoms with Gasteiger partial charge in [-0.05, 0) is 43.0 Å². The fraction of sp³-hybridized carbons (Fsp3) is 0.350. The molecule has 28 heavy (non-hydrogen) atoms. The van der Waals surface area contributed by atoms with Crippen LogP contribution in [0.2, 0.25) is 5.75 Å². The summed E-state index contributed by atoms with van der Waals surface area (Å²) < 4.78 is 72.9. The fourth-order valence-corrected chi connectivity index (χ4v) is 3.99. The molecular formula is C20H19ClFN5S. The lowest BCUT2D eigenvalue weighted by Crippen LogP contribution is -2.38. The number of aromatic nitrogens is 2. The molecule has 1 aromatic carbocycles. The van der Waals surface area contributed by atoms with Crippen molar-refractivity contribution in [3.63, 3.8) is 0 Å². The van der Waals surface area contributed by atoms with Gasteiger partial charge in [0, 0.05) is 28.4 Å². The van der Waals surface area contributed by atoms with Gasteiger partial charge >= 0.3 is 0 Å². The molecular weight excluding hydrogens is 397 g/mol. The van der Waals surface area contributed by atoms with Crippen LogP contribution in [0.4, 0.5) is 10.2 Å². The summed E-state index contributed by atoms with van der Waals surface area (Å²) in [5.41, 5.74) is -1.15. The van der Waals surface area contributed by atoms with Crippen molar-refractivity contribution >= 4 is 39.0 Å². The van der Waals surface area contributed by atoms with Crippen molar-refractivity contribution in [1.29, 1.82) is 5.26 Å². The molecule has 0 atom stereocenters. The van der Waals surface area contributed by atoms with Crippen molar-refractivity contribution in [3.05, 3.63) is 51.3 Å². The van der Waals surface area contributed by atoms with E-state index in [1.165, 1.54) is 11.8 Å². The van der Waals surface area contributed by atoms with Gasteiger partial charge < -0.3 is 5.31 Å². The molecule has 1 N–H and O–H groups in total. The lowest BCUT2D eigenvalue weighted by molar-refractivity contribution is 0.211. The fourth-order valence-electron chi connectivity index (χ4n) is 3.02. The first-order valence-electron chi connectivity index (χ1n) is 12.0. The maximum Gasteiger partial charge on any atom is 0.162 e. The number of fused-ring (bicyclic) bond motifs is 1. The first kappa shape index (κ1) is 12.3. The Hall–Kier alpha value is -2.27. The molecule has 144 valence electrons. The second-order valence-electron chi connectivity index (χ2n) is 6.34. The Morgan fingerprint density at radius 1 is 1.46 bits per heavy atom. The molecule has 4 rings (SSSR count). The van der Waals surface area contributed by atoms with Gasteiger partial charge in [-0.25, -0.2) is 14.4 Å². The normalized spacial score (nSPS) is 19.7. The van der Waals surface area contributed by atoms with Crippen molar-refractivity contribution in [2.75, 3.05) is 18.4 Å². The van der Waals surface area contributed by atoms with Gasteiger partial charge in [0.15, 0.2) is 1.41 Å². The molecule has 1 saturated heterocycles. The number of nitrogens with one attached hydrogen (secondary N) is 1. The first-order chi connectivity index (χ1) is 16.4. The molecule has 8 heteroatoms. The minimum atomic E-state index is -2.32. The van der Waals surface area contributed by atoms with Gasteiger partial charge in [0.1, 0.15) is 30.2 Å². The zero-order chi connectivity index (χ0) is 25.8. The van der Waals surface area contributed by atoms with Gasteiger partial charge in [-0.15, -0.1) is 11.3 Å². The summed E-state index contributed by atoms with van der Waals surface area (Å²) in [5.74, 6) is -0.901. The van der Waals surface area contributed by atoms with Crippen molar-refractivity contribution in [2.45, 2.75) is 32.3 Å². The molecule has 0 radical (unpaired) electrons. The van der Waals surface area contributed by atoms with Gasteiger partial charge in [0.05, 0.1) is 19.4 Å². The van der Waals surface area contributed by atoms with Crippen LogP contribution in [0.5, 0.6) is 0 Å². The Morgan fingerprint density at radius 2 is 2.25 bits per heavy atom. The first-order valence-corrected chi connectivity index (χ1v) is 9.75. The van der Waals surface area contributed by atoms with Gasteiger partial charge in [-0.1, -0.05) is 17.6 Å². The van der Waals surface area contributed by atoms with Crippen LogP contribution < -0.4 is 5.31 Å². The summed E-state index contributed by atoms with van der Waals surface area (Å²) in [6.07, 6.45) is 0.306. The number of hydrogen-bond donors (Lipinski definition) is 1. The average molecular weight is 423 g/mol. The molecule has 1 fully saturated rings. The number of nitrogens with zero attached hydrogens (tertiary/aromatic N) is 4. The highest BCUT2D eigenvalue weighted by Gasteiger charge is 2.21. The van der Waals surface area contributed by atoms with Gasteiger partial charge in [-0.3, -0.25) is 4.90 Å². The van der Waals surface area contributed by atoms with E-state index in [2.05, 4.69) is 9.97 Å². The van der Waals surface area contributed by atoms with Crippen LogP contribution in [0, 0.1) is 24.1 Å². The molecule has 3 aromatic rings. The van der Waals surface area contributed by atoms with E-state index in [-0.39, 0.29) is 52.1 Å². The van der Waals surface area contributed by atoms with E-state index in [4.69, 9.17) is 21.2 Å². The Kier molecular flexibility index (Phi) is 3.52. The lowest BCUT2D eigenvalue weighted by Gasteiger charge is -2.32. The molecule has 1 aliphatic rings. The molecule has 0 bridgehead atoms. The van der Waals surface area contributed by atoms with Crippen molar-refractivity contribution in [2.24, 2.45) is 0 Å². The SMILES string of the molecule is [2H]c1nc(N([2H])C2CCN(C([2H])([2H])c3c([2H])c(C)c(F)c(C#N)c3[2H])CC2)c2c([2H])c(Cl)sc2n1. The number of benzene rings is 1. The van der Waals surface area contributed by atoms with E-state index in [1.807, 2.05) is 0 Å². The van der Waals surface area contributed by atoms with Crippen LogP contribution >= 0.6 is 22.9 Å². The van der Waals surface area contributed by atoms with Crippen molar-refractivity contribution in [1.82, 2.24) is 14.9 Å². The smallest absolute Gasteiger partial charge is 0.162 e. The molecule has 1 aliphatic heterocycles. The van der Waals surface area contributed by atoms with E-state index in [1.54, 1.807) is 6.07 Å². The minimum absolute atomic E-state index is 0.0152. The molecule has 0 unspecified atom stereocenters. The number of piperidine rings is 1. The van der Waals surface area contributed by atoms with E-state index in [0.29, 0.717) is 17.7 Å². The molecule has 0 spiro atoms. The zero-order valence-corrected chi connectivity index (χ0v) is 16.4. The van der Waals surface area contributed by atoms with Gasteiger partial charge in [0.2, 0.25) is 0 Å². The Bertz CT molecular complexity index is 1370. The van der Waals surface area contributed by atoms with E-state index in [0.717, 1.165) is 16.6 Å². The largest absolute Gasteiger partial charge is 0.367 e. The van der Waals surface area contributed by atoms with Crippen LogP contribution in [-0.2, 0) is 6.50 Å². The second-order valence-corrected chi connectivity index (χ2v) is 7.94. The number of hydrogen-bond acceptors (Lipinski definition) is 6. The molecule has 0 saturated carbocycles. The number of likely N-dealkylation sites (tertiary alicyclic amines) is 1. The Morgan fingerprint density at radius 3 is 3.00 bits per heavy atom. The monoisotopic (exact) mass is 422 g/mol. The maximum atomic E-state index is 14.3. The number of halogens is 2. The Balaban J connectivity index is 1.61. The maximum absolute atomic E-state index is 14.3. The van der Waals surface area contributed by atoms with E-state index >= 15 is 0 Å². The van der Waals surface area contributed by atoms with Crippen molar-refractivity contribution in [3.8, 4) is 6.07 Å². The van der Waals surface area contributed by atoms with Crippen LogP contribution in [0.3, 0.4) is 0 Å². The summed E-state index contributed by atoms with van der Waals surface area (Å²) in [6.45, 7) is -0.752. The highest BCUT2D eigenvalue weighted by Crippen LogP contribution is 2.32. The summed E-state index contributed by atoms with van der Waals surface area (Å²) >= 11 is 7.10. The third-order valence-corrected chi connectivity index (χ3v) is 5.51. The summed E-state index contributed by atoms with van der Waals surface area (Å²) in [4.78, 5) is 9.78. The molecule has 0 aliphatic carbocycles. The quantitative estimate of drug-likeness (QED) is 0.657. The van der Waals surface area contributed by atoms with Crippen LogP contribution in [0.15, 0.2) is 24.4 Å². The minimum Gasteiger partial charge on any atom is -0.367 e. The number of thiophene rings is 1. The molecule has 3 heterocycles. The highest BCUT2D eigenvalue weighted by molar-refractivity contribution is 7.22. The van der Waals surface area contributed by atoms with E-state index < -0.39 is 36.0 Å². The molecule has 5 nitrogen and oxygen atoms in total. The average Bonchev–Trinajstić information content (AvgIpc) is 3.10. The Labute approximate surface area is 181 Å². The standard InChI is InChI=1S/C20H19ClFN5S/c1-12-6-13(7-14(9-23)18(12)22)10-27-4-2-15(3-5-27)26-19-16-8-17(21)28-20(16)25-11-24-19/h6-8,11,15H,2-5,10H2,1H3,(H,24,25,26)/i6D,7D,8D,10D2,11D/hD. The molecule has 0 amide bonds. The lowest BCUT2D eigenvalue weighted by atomic mass is 10.0. The van der Waals surface area contributed by atoms with E-state index in [9.17, 15) is 9.65 Å². The van der Waals surface area contributed by atoms with Crippen molar-refractivity contribution < 1.29 is 14.0 Å². The highest BCUT2D eigenvalue weighted by atomic mass is 35.5. The predicted octanol–water partition coefficient (Wildman–Crippen LogP) is 4.74. The third kappa shape index (κ3) is 3.95. The van der Waals surface area contributed by atoms with Crippen LogP contribution in [0.1, 0.15) is 37.8 Å². The summed E-state index contributed by atoms with van der Waals surface area (Å²) in [5, 5.41) is 10.7. The summed E-state index contributed by atoms with van der Waals surface area (Å²) in [6, 6.07) is 0.0661. The number of nitriles is 1. The van der Waals surface area contributed by atoms with Crippen LogP contribution in [0.25, 0.3) is 10.2 Å². The predicted molar refractivity (Wildman–Crippen MR) is 110 cm³/mol.